The predicted molar refractivity (Wildman–Crippen MR) is 24.3 cm³/mol. The minimum atomic E-state index is -0.972. The first-order valence-corrected chi connectivity index (χ1v) is 1.94. The maximum atomic E-state index is 9.71. The first-order chi connectivity index (χ1) is 2.64. The topological polar surface area (TPSA) is 43.3 Å². The minimum absolute atomic E-state index is 0. The van der Waals surface area contributed by atoms with E-state index in [1.165, 1.54) is 6.92 Å². The SMILES string of the molecule is CC(O)C([O-])=S.[Na+]. The van der Waals surface area contributed by atoms with Gasteiger partial charge in [0.2, 0.25) is 0 Å². The first-order valence-electron chi connectivity index (χ1n) is 1.53. The normalized spacial score (nSPS) is 11.7. The minimum Gasteiger partial charge on any atom is -0.866 e. The van der Waals surface area contributed by atoms with Crippen molar-refractivity contribution >= 4 is 17.3 Å². The molecule has 36 valence electrons. The Labute approximate surface area is 69.8 Å². The maximum absolute atomic E-state index is 9.71. The summed E-state index contributed by atoms with van der Waals surface area (Å²) < 4.78 is 0. The average Bonchev–Trinajstić information content (AvgIpc) is 1.36. The number of thiocarbonyl (C=S) groups is 1. The van der Waals surface area contributed by atoms with Crippen LogP contribution in [0.15, 0.2) is 0 Å². The van der Waals surface area contributed by atoms with Gasteiger partial charge in [-0.25, -0.2) is 0 Å². The van der Waals surface area contributed by atoms with Gasteiger partial charge in [0, 0.05) is 0 Å². The van der Waals surface area contributed by atoms with Gasteiger partial charge in [-0.1, -0.05) is 12.2 Å². The summed E-state index contributed by atoms with van der Waals surface area (Å²) in [5, 5.41) is 17.3. The van der Waals surface area contributed by atoms with E-state index in [0.717, 1.165) is 0 Å². The summed E-state index contributed by atoms with van der Waals surface area (Å²) >= 11 is 4.01. The van der Waals surface area contributed by atoms with E-state index in [4.69, 9.17) is 5.11 Å². The Morgan fingerprint density at radius 3 is 2.00 bits per heavy atom. The molecule has 1 atom stereocenters. The Hall–Kier alpha value is 0.850. The standard InChI is InChI=1S/C3H6O2S.Na/c1-2(4)3(5)6;/h2,4H,1H3,(H,5,6);/q;+1/p-1. The molecule has 0 saturated carbocycles. The van der Waals surface area contributed by atoms with Crippen molar-refractivity contribution in [3.05, 3.63) is 0 Å². The number of hydrogen-bond donors (Lipinski definition) is 1. The molecular formula is C3H5NaO2S. The third kappa shape index (κ3) is 6.85. The van der Waals surface area contributed by atoms with Crippen molar-refractivity contribution in [2.24, 2.45) is 0 Å². The fraction of sp³-hybridized carbons (Fsp3) is 0.667. The second kappa shape index (κ2) is 5.00. The van der Waals surface area contributed by atoms with Crippen LogP contribution >= 0.6 is 12.2 Å². The third-order valence-electron chi connectivity index (χ3n) is 0.341. The van der Waals surface area contributed by atoms with E-state index in [1.54, 1.807) is 0 Å². The van der Waals surface area contributed by atoms with Gasteiger partial charge in [0.05, 0.1) is 6.10 Å². The molecule has 0 aliphatic heterocycles. The van der Waals surface area contributed by atoms with Gasteiger partial charge < -0.3 is 10.2 Å². The van der Waals surface area contributed by atoms with Crippen molar-refractivity contribution in [2.45, 2.75) is 13.0 Å². The Balaban J connectivity index is 0. The molecule has 7 heavy (non-hydrogen) atoms. The van der Waals surface area contributed by atoms with Crippen LogP contribution in [0.4, 0.5) is 0 Å². The van der Waals surface area contributed by atoms with E-state index in [1.807, 2.05) is 0 Å². The number of aliphatic hydroxyl groups excluding tert-OH is 1. The molecule has 0 amide bonds. The molecule has 0 radical (unpaired) electrons. The van der Waals surface area contributed by atoms with E-state index in [0.29, 0.717) is 0 Å². The van der Waals surface area contributed by atoms with Crippen LogP contribution in [-0.2, 0) is 0 Å². The second-order valence-electron chi connectivity index (χ2n) is 0.995. The quantitative estimate of drug-likeness (QED) is 0.289. The van der Waals surface area contributed by atoms with Crippen LogP contribution in [-0.4, -0.2) is 16.3 Å². The largest absolute Gasteiger partial charge is 1.00 e. The van der Waals surface area contributed by atoms with Crippen molar-refractivity contribution in [2.75, 3.05) is 0 Å². The van der Waals surface area contributed by atoms with Crippen molar-refractivity contribution in [3.63, 3.8) is 0 Å². The van der Waals surface area contributed by atoms with E-state index >= 15 is 0 Å². The molecule has 0 aromatic carbocycles. The molecule has 0 aliphatic rings. The second-order valence-corrected chi connectivity index (χ2v) is 1.40. The number of aliphatic hydroxyl groups is 1. The average molecular weight is 128 g/mol. The van der Waals surface area contributed by atoms with E-state index in [-0.39, 0.29) is 29.6 Å². The van der Waals surface area contributed by atoms with Crippen LogP contribution in [0.1, 0.15) is 6.92 Å². The molecule has 0 fully saturated rings. The van der Waals surface area contributed by atoms with Crippen LogP contribution in [0.3, 0.4) is 0 Å². The third-order valence-corrected chi connectivity index (χ3v) is 0.682. The Kier molecular flexibility index (Phi) is 7.68. The molecule has 0 rings (SSSR count). The zero-order chi connectivity index (χ0) is 5.15. The summed E-state index contributed by atoms with van der Waals surface area (Å²) in [5.74, 6) is 0. The molecule has 0 aromatic rings. The van der Waals surface area contributed by atoms with Gasteiger partial charge >= 0.3 is 29.6 Å². The molecule has 0 aliphatic carbocycles. The van der Waals surface area contributed by atoms with Crippen LogP contribution in [0.5, 0.6) is 0 Å². The van der Waals surface area contributed by atoms with Crippen molar-refractivity contribution < 1.29 is 39.8 Å². The molecule has 0 spiro atoms. The monoisotopic (exact) mass is 128 g/mol. The van der Waals surface area contributed by atoms with Crippen LogP contribution in [0.2, 0.25) is 0 Å². The Morgan fingerprint density at radius 2 is 2.00 bits per heavy atom. The molecule has 4 heteroatoms. The van der Waals surface area contributed by atoms with Crippen LogP contribution in [0, 0.1) is 0 Å². The summed E-state index contributed by atoms with van der Waals surface area (Å²) in [6.45, 7) is 1.34. The summed E-state index contributed by atoms with van der Waals surface area (Å²) in [4.78, 5) is 0. The molecule has 0 bridgehead atoms. The summed E-state index contributed by atoms with van der Waals surface area (Å²) in [5.41, 5.74) is 0. The number of rotatable bonds is 1. The number of hydrogen-bond acceptors (Lipinski definition) is 3. The van der Waals surface area contributed by atoms with Crippen LogP contribution in [0.25, 0.3) is 0 Å². The molecule has 0 aromatic heterocycles. The molecule has 2 nitrogen and oxygen atoms in total. The zero-order valence-corrected chi connectivity index (χ0v) is 7.16. The smallest absolute Gasteiger partial charge is 0.866 e. The van der Waals surface area contributed by atoms with Crippen LogP contribution < -0.4 is 34.7 Å². The van der Waals surface area contributed by atoms with Gasteiger partial charge in [0.25, 0.3) is 0 Å². The Morgan fingerprint density at radius 1 is 1.86 bits per heavy atom. The van der Waals surface area contributed by atoms with E-state index < -0.39 is 11.2 Å². The van der Waals surface area contributed by atoms with Crippen molar-refractivity contribution in [1.29, 1.82) is 0 Å². The van der Waals surface area contributed by atoms with Crippen molar-refractivity contribution in [1.82, 2.24) is 0 Å². The van der Waals surface area contributed by atoms with Gasteiger partial charge in [-0.2, -0.15) is 0 Å². The van der Waals surface area contributed by atoms with E-state index in [2.05, 4.69) is 12.2 Å². The van der Waals surface area contributed by atoms with Gasteiger partial charge in [0.15, 0.2) is 0 Å². The summed E-state index contributed by atoms with van der Waals surface area (Å²) in [6, 6.07) is 0. The summed E-state index contributed by atoms with van der Waals surface area (Å²) in [6.07, 6.45) is -0.972. The fourth-order valence-electron chi connectivity index (χ4n) is 0. The Bertz CT molecular complexity index is 64.0. The molecular weight excluding hydrogens is 123 g/mol. The van der Waals surface area contributed by atoms with E-state index in [9.17, 15) is 5.11 Å². The first kappa shape index (κ1) is 10.8. The van der Waals surface area contributed by atoms with Gasteiger partial charge in [-0.05, 0) is 12.0 Å². The van der Waals surface area contributed by atoms with Gasteiger partial charge in [-0.3, -0.25) is 0 Å². The zero-order valence-electron chi connectivity index (χ0n) is 4.34. The fourth-order valence-corrected chi connectivity index (χ4v) is 0. The molecule has 0 saturated heterocycles. The molecule has 1 N–H and O–H groups in total. The predicted octanol–water partition coefficient (Wildman–Crippen LogP) is -3.94. The molecule has 0 heterocycles. The summed E-state index contributed by atoms with van der Waals surface area (Å²) in [7, 11) is 0. The maximum Gasteiger partial charge on any atom is 1.00 e. The van der Waals surface area contributed by atoms with Crippen molar-refractivity contribution in [3.8, 4) is 0 Å². The van der Waals surface area contributed by atoms with Gasteiger partial charge in [0.1, 0.15) is 0 Å². The molecule has 1 unspecified atom stereocenters. The van der Waals surface area contributed by atoms with Gasteiger partial charge in [-0.15, -0.1) is 0 Å².